The van der Waals surface area contributed by atoms with Crippen LogP contribution in [0.3, 0.4) is 0 Å². The Labute approximate surface area is 138 Å². The minimum atomic E-state index is -0.416. The first-order valence-corrected chi connectivity index (χ1v) is 7.54. The highest BCUT2D eigenvalue weighted by Gasteiger charge is 2.20. The molecule has 5 nitrogen and oxygen atoms in total. The maximum absolute atomic E-state index is 13.6. The molecule has 1 heterocycles. The smallest absolute Gasteiger partial charge is 0.336 e. The molecule has 0 amide bonds. The van der Waals surface area contributed by atoms with E-state index in [2.05, 4.69) is 10.1 Å². The number of nitrogens with zero attached hydrogens (tertiary/aromatic N) is 3. The fraction of sp³-hybridized carbons (Fsp3) is 0.167. The predicted octanol–water partition coefficient (Wildman–Crippen LogP) is 3.56. The molecule has 0 saturated heterocycles. The van der Waals surface area contributed by atoms with Gasteiger partial charge in [-0.05, 0) is 38.1 Å². The molecule has 0 radical (unpaired) electrons. The lowest BCUT2D eigenvalue weighted by atomic mass is 10.2. The van der Waals surface area contributed by atoms with Gasteiger partial charge >= 0.3 is 6.01 Å². The van der Waals surface area contributed by atoms with E-state index in [0.717, 1.165) is 4.68 Å². The van der Waals surface area contributed by atoms with E-state index in [1.54, 1.807) is 36.4 Å². The summed E-state index contributed by atoms with van der Waals surface area (Å²) in [5.41, 5.74) is 0.904. The largest absolute Gasteiger partial charge is 0.460 e. The quantitative estimate of drug-likeness (QED) is 0.736. The van der Waals surface area contributed by atoms with Gasteiger partial charge in [-0.15, -0.1) is 5.10 Å². The van der Waals surface area contributed by atoms with E-state index < -0.39 is 5.82 Å². The van der Waals surface area contributed by atoms with Crippen LogP contribution in [0.25, 0.3) is 11.4 Å². The number of aromatic nitrogens is 3. The fourth-order valence-electron chi connectivity index (χ4n) is 2.21. The Balaban J connectivity index is 2.09. The standard InChI is InChI=1S/C18H16FN3O2/c1-12(2)24-18-20-16(14-9-6-10-15(19)11-14)22(21-18)17(23)13-7-4-3-5-8-13/h3-12H,1-2H3. The maximum atomic E-state index is 13.6. The molecule has 0 atom stereocenters. The van der Waals surface area contributed by atoms with Gasteiger partial charge in [0.1, 0.15) is 5.82 Å². The van der Waals surface area contributed by atoms with Crippen molar-refractivity contribution >= 4 is 5.91 Å². The van der Waals surface area contributed by atoms with Gasteiger partial charge in [0.2, 0.25) is 0 Å². The van der Waals surface area contributed by atoms with E-state index in [1.165, 1.54) is 12.1 Å². The van der Waals surface area contributed by atoms with Crippen LogP contribution in [-0.4, -0.2) is 26.8 Å². The molecule has 0 bridgehead atoms. The Morgan fingerprint density at radius 1 is 1.12 bits per heavy atom. The zero-order valence-corrected chi connectivity index (χ0v) is 13.3. The molecule has 0 saturated carbocycles. The van der Waals surface area contributed by atoms with E-state index in [9.17, 15) is 9.18 Å². The van der Waals surface area contributed by atoms with Gasteiger partial charge in [0.25, 0.3) is 5.91 Å². The maximum Gasteiger partial charge on any atom is 0.336 e. The Morgan fingerprint density at radius 2 is 1.88 bits per heavy atom. The Hall–Kier alpha value is -3.02. The molecule has 122 valence electrons. The highest BCUT2D eigenvalue weighted by molar-refractivity contribution is 5.97. The number of benzene rings is 2. The molecule has 2 aromatic carbocycles. The summed E-state index contributed by atoms with van der Waals surface area (Å²) in [6.45, 7) is 3.67. The highest BCUT2D eigenvalue weighted by Crippen LogP contribution is 2.22. The average Bonchev–Trinajstić information content (AvgIpc) is 2.98. The van der Waals surface area contributed by atoms with Crippen LogP contribution < -0.4 is 4.74 Å². The van der Waals surface area contributed by atoms with Crippen LogP contribution in [0.2, 0.25) is 0 Å². The molecule has 0 aliphatic rings. The Bertz CT molecular complexity index is 860. The summed E-state index contributed by atoms with van der Waals surface area (Å²) in [6.07, 6.45) is -0.145. The van der Waals surface area contributed by atoms with Crippen molar-refractivity contribution in [2.24, 2.45) is 0 Å². The lowest BCUT2D eigenvalue weighted by Crippen LogP contribution is -2.15. The SMILES string of the molecule is CC(C)Oc1nc(-c2cccc(F)c2)n(C(=O)c2ccccc2)n1. The first-order chi connectivity index (χ1) is 11.5. The number of hydrogen-bond acceptors (Lipinski definition) is 4. The minimum Gasteiger partial charge on any atom is -0.460 e. The van der Waals surface area contributed by atoms with Crippen LogP contribution in [-0.2, 0) is 0 Å². The summed E-state index contributed by atoms with van der Waals surface area (Å²) in [6, 6.07) is 14.6. The van der Waals surface area contributed by atoms with Gasteiger partial charge < -0.3 is 4.74 Å². The van der Waals surface area contributed by atoms with Gasteiger partial charge in [0, 0.05) is 11.1 Å². The first kappa shape index (κ1) is 15.9. The van der Waals surface area contributed by atoms with Crippen molar-refractivity contribution in [2.75, 3.05) is 0 Å². The number of carbonyl (C=O) groups is 1. The predicted molar refractivity (Wildman–Crippen MR) is 87.4 cm³/mol. The van der Waals surface area contributed by atoms with Crippen LogP contribution in [0.4, 0.5) is 4.39 Å². The number of rotatable bonds is 4. The molecule has 6 heteroatoms. The van der Waals surface area contributed by atoms with Crippen LogP contribution in [0.1, 0.15) is 24.2 Å². The molecule has 1 aromatic heterocycles. The number of halogens is 1. The van der Waals surface area contributed by atoms with Gasteiger partial charge in [-0.2, -0.15) is 9.67 Å². The minimum absolute atomic E-state index is 0.0774. The normalized spacial score (nSPS) is 10.8. The van der Waals surface area contributed by atoms with Crippen molar-refractivity contribution in [3.8, 4) is 17.4 Å². The second kappa shape index (κ2) is 6.62. The first-order valence-electron chi connectivity index (χ1n) is 7.54. The van der Waals surface area contributed by atoms with Crippen LogP contribution >= 0.6 is 0 Å². The van der Waals surface area contributed by atoms with Crippen molar-refractivity contribution in [1.29, 1.82) is 0 Å². The van der Waals surface area contributed by atoms with Crippen LogP contribution in [0.5, 0.6) is 6.01 Å². The molecular formula is C18H16FN3O2. The third-order valence-electron chi connectivity index (χ3n) is 3.22. The number of ether oxygens (including phenoxy) is 1. The summed E-state index contributed by atoms with van der Waals surface area (Å²) < 4.78 is 20.2. The third kappa shape index (κ3) is 3.32. The number of hydrogen-bond donors (Lipinski definition) is 0. The monoisotopic (exact) mass is 325 g/mol. The molecular weight excluding hydrogens is 309 g/mol. The van der Waals surface area contributed by atoms with Crippen molar-refractivity contribution in [3.63, 3.8) is 0 Å². The third-order valence-corrected chi connectivity index (χ3v) is 3.22. The average molecular weight is 325 g/mol. The van der Waals surface area contributed by atoms with E-state index in [0.29, 0.717) is 11.1 Å². The van der Waals surface area contributed by atoms with E-state index in [1.807, 2.05) is 19.9 Å². The molecule has 0 fully saturated rings. The molecule has 24 heavy (non-hydrogen) atoms. The Morgan fingerprint density at radius 3 is 2.54 bits per heavy atom. The summed E-state index contributed by atoms with van der Waals surface area (Å²) in [5.74, 6) is -0.541. The molecule has 0 spiro atoms. The molecule has 3 rings (SSSR count). The van der Waals surface area contributed by atoms with Crippen LogP contribution in [0, 0.1) is 5.82 Å². The summed E-state index contributed by atoms with van der Waals surface area (Å²) in [4.78, 5) is 17.0. The second-order valence-electron chi connectivity index (χ2n) is 5.48. The lowest BCUT2D eigenvalue weighted by molar-refractivity contribution is 0.0943. The molecule has 3 aromatic rings. The lowest BCUT2D eigenvalue weighted by Gasteiger charge is -2.04. The molecule has 0 aliphatic carbocycles. The summed E-state index contributed by atoms with van der Waals surface area (Å²) in [5, 5.41) is 4.14. The van der Waals surface area contributed by atoms with Crippen molar-refractivity contribution < 1.29 is 13.9 Å². The fourth-order valence-corrected chi connectivity index (χ4v) is 2.21. The molecule has 0 N–H and O–H groups in total. The van der Waals surface area contributed by atoms with Gasteiger partial charge in [0.15, 0.2) is 5.82 Å². The van der Waals surface area contributed by atoms with E-state index >= 15 is 0 Å². The topological polar surface area (TPSA) is 57.0 Å². The zero-order chi connectivity index (χ0) is 17.1. The van der Waals surface area contributed by atoms with Crippen molar-refractivity contribution in [1.82, 2.24) is 14.8 Å². The second-order valence-corrected chi connectivity index (χ2v) is 5.48. The van der Waals surface area contributed by atoms with Gasteiger partial charge in [-0.1, -0.05) is 30.3 Å². The molecule has 0 unspecified atom stereocenters. The highest BCUT2D eigenvalue weighted by atomic mass is 19.1. The number of carbonyl (C=O) groups excluding carboxylic acids is 1. The van der Waals surface area contributed by atoms with Crippen molar-refractivity contribution in [2.45, 2.75) is 20.0 Å². The van der Waals surface area contributed by atoms with Crippen LogP contribution in [0.15, 0.2) is 54.6 Å². The zero-order valence-electron chi connectivity index (χ0n) is 13.3. The Kier molecular flexibility index (Phi) is 4.37. The van der Waals surface area contributed by atoms with E-state index in [4.69, 9.17) is 4.74 Å². The van der Waals surface area contributed by atoms with Gasteiger partial charge in [-0.3, -0.25) is 4.79 Å². The van der Waals surface area contributed by atoms with Gasteiger partial charge in [-0.25, -0.2) is 4.39 Å². The van der Waals surface area contributed by atoms with E-state index in [-0.39, 0.29) is 23.8 Å². The van der Waals surface area contributed by atoms with Crippen molar-refractivity contribution in [3.05, 3.63) is 66.0 Å². The molecule has 0 aliphatic heterocycles. The summed E-state index contributed by atoms with van der Waals surface area (Å²) in [7, 11) is 0. The summed E-state index contributed by atoms with van der Waals surface area (Å²) >= 11 is 0. The van der Waals surface area contributed by atoms with Gasteiger partial charge in [0.05, 0.1) is 6.10 Å².